The highest BCUT2D eigenvalue weighted by Gasteiger charge is 2.56. The van der Waals surface area contributed by atoms with E-state index in [9.17, 15) is 15.0 Å². The molecule has 4 aliphatic rings. The largest absolute Gasteiger partial charge is 0.478 e. The van der Waals surface area contributed by atoms with Crippen molar-refractivity contribution in [2.45, 2.75) is 56.2 Å². The van der Waals surface area contributed by atoms with Gasteiger partial charge in [-0.05, 0) is 62.0 Å². The molecule has 0 aliphatic heterocycles. The van der Waals surface area contributed by atoms with Gasteiger partial charge in [0.25, 0.3) is 0 Å². The second-order valence-electron chi connectivity index (χ2n) is 7.78. The summed E-state index contributed by atoms with van der Waals surface area (Å²) in [6.07, 6.45) is 6.25. The molecule has 4 aliphatic carbocycles. The molecule has 0 heterocycles. The number of benzene rings is 1. The molecule has 4 bridgehead atoms. The quantitative estimate of drug-likeness (QED) is 0.799. The summed E-state index contributed by atoms with van der Waals surface area (Å²) in [5, 5.41) is 23.7. The molecule has 4 heteroatoms. The van der Waals surface area contributed by atoms with E-state index in [1.165, 1.54) is 6.42 Å². The van der Waals surface area contributed by atoms with Gasteiger partial charge >= 0.3 is 5.97 Å². The molecule has 4 nitrogen and oxygen atoms in total. The van der Waals surface area contributed by atoms with E-state index in [0.717, 1.165) is 37.7 Å². The first-order valence-corrected chi connectivity index (χ1v) is 8.26. The van der Waals surface area contributed by atoms with Crippen LogP contribution in [0.5, 0.6) is 0 Å². The lowest BCUT2D eigenvalue weighted by Crippen LogP contribution is -2.64. The van der Waals surface area contributed by atoms with E-state index in [1.54, 1.807) is 12.1 Å². The first kappa shape index (κ1) is 14.2. The Morgan fingerprint density at radius 1 is 1.18 bits per heavy atom. The minimum atomic E-state index is -0.874. The highest BCUT2D eigenvalue weighted by molar-refractivity contribution is 5.89. The Morgan fingerprint density at radius 2 is 1.86 bits per heavy atom. The van der Waals surface area contributed by atoms with Crippen molar-refractivity contribution in [3.63, 3.8) is 0 Å². The molecule has 0 saturated heterocycles. The van der Waals surface area contributed by atoms with E-state index in [2.05, 4.69) is 5.32 Å². The monoisotopic (exact) mass is 301 g/mol. The van der Waals surface area contributed by atoms with Crippen molar-refractivity contribution in [2.24, 2.45) is 11.8 Å². The van der Waals surface area contributed by atoms with Crippen molar-refractivity contribution in [3.8, 4) is 0 Å². The maximum Gasteiger partial charge on any atom is 0.336 e. The number of aliphatic hydroxyl groups is 1. The van der Waals surface area contributed by atoms with Crippen LogP contribution in [0.25, 0.3) is 0 Å². The molecule has 5 rings (SSSR count). The van der Waals surface area contributed by atoms with Crippen LogP contribution < -0.4 is 5.32 Å². The number of nitrogens with one attached hydrogen (secondary N) is 1. The van der Waals surface area contributed by atoms with E-state index < -0.39 is 11.6 Å². The summed E-state index contributed by atoms with van der Waals surface area (Å²) in [6.45, 7) is 0.567. The topological polar surface area (TPSA) is 69.6 Å². The Morgan fingerprint density at radius 3 is 2.50 bits per heavy atom. The molecule has 2 atom stereocenters. The van der Waals surface area contributed by atoms with Gasteiger partial charge in [-0.2, -0.15) is 0 Å². The average molecular weight is 301 g/mol. The van der Waals surface area contributed by atoms with E-state index in [0.29, 0.717) is 23.9 Å². The fourth-order valence-electron chi connectivity index (χ4n) is 5.59. The lowest BCUT2D eigenvalue weighted by atomic mass is 9.51. The van der Waals surface area contributed by atoms with Crippen LogP contribution in [0.2, 0.25) is 0 Å². The van der Waals surface area contributed by atoms with Crippen molar-refractivity contribution in [2.75, 3.05) is 0 Å². The van der Waals surface area contributed by atoms with Crippen molar-refractivity contribution < 1.29 is 15.0 Å². The fraction of sp³-hybridized carbons (Fsp3) is 0.611. The third-order valence-electron chi connectivity index (χ3n) is 5.93. The predicted octanol–water partition coefficient (Wildman–Crippen LogP) is 2.56. The number of hydrogen-bond donors (Lipinski definition) is 3. The second kappa shape index (κ2) is 4.80. The number of carbonyl (C=O) groups is 1. The summed E-state index contributed by atoms with van der Waals surface area (Å²) in [7, 11) is 0. The van der Waals surface area contributed by atoms with Crippen molar-refractivity contribution in [1.29, 1.82) is 0 Å². The lowest BCUT2D eigenvalue weighted by Gasteiger charge is -2.60. The number of carboxylic acid groups (broad SMARTS) is 1. The molecule has 0 aromatic heterocycles. The molecule has 22 heavy (non-hydrogen) atoms. The van der Waals surface area contributed by atoms with Crippen LogP contribution in [0.4, 0.5) is 0 Å². The molecule has 4 saturated carbocycles. The van der Waals surface area contributed by atoms with Gasteiger partial charge in [0.1, 0.15) is 0 Å². The van der Waals surface area contributed by atoms with Crippen LogP contribution in [-0.4, -0.2) is 27.3 Å². The van der Waals surface area contributed by atoms with Gasteiger partial charge in [-0.25, -0.2) is 4.79 Å². The SMILES string of the molecule is O=C(O)c1ccccc1CNC12CC3CC(CC(O)(C3)C1)C2. The van der Waals surface area contributed by atoms with Crippen molar-refractivity contribution >= 4 is 5.97 Å². The number of rotatable bonds is 4. The molecule has 0 radical (unpaired) electrons. The lowest BCUT2D eigenvalue weighted by molar-refractivity contribution is -0.142. The van der Waals surface area contributed by atoms with E-state index in [1.807, 2.05) is 12.1 Å². The van der Waals surface area contributed by atoms with E-state index >= 15 is 0 Å². The van der Waals surface area contributed by atoms with Gasteiger partial charge in [0, 0.05) is 12.1 Å². The zero-order chi connectivity index (χ0) is 15.4. The zero-order valence-electron chi connectivity index (χ0n) is 12.7. The van der Waals surface area contributed by atoms with Crippen LogP contribution in [0.3, 0.4) is 0 Å². The van der Waals surface area contributed by atoms with Gasteiger partial charge in [-0.15, -0.1) is 0 Å². The standard InChI is InChI=1S/C18H23NO3/c20-16(21)15-4-2-1-3-14(15)10-19-17-6-12-5-13(7-17)9-18(22,8-12)11-17/h1-4,12-13,19,22H,5-11H2,(H,20,21). The third-order valence-corrected chi connectivity index (χ3v) is 5.93. The first-order chi connectivity index (χ1) is 10.5. The summed E-state index contributed by atoms with van der Waals surface area (Å²) >= 11 is 0. The Balaban J connectivity index is 1.54. The molecular formula is C18H23NO3. The van der Waals surface area contributed by atoms with Crippen molar-refractivity contribution in [3.05, 3.63) is 35.4 Å². The number of carboxylic acids is 1. The average Bonchev–Trinajstić information content (AvgIpc) is 2.43. The summed E-state index contributed by atoms with van der Waals surface area (Å²) in [6, 6.07) is 7.19. The maximum atomic E-state index is 11.3. The second-order valence-corrected chi connectivity index (χ2v) is 7.78. The smallest absolute Gasteiger partial charge is 0.336 e. The Labute approximate surface area is 130 Å². The maximum absolute atomic E-state index is 11.3. The van der Waals surface area contributed by atoms with Crippen LogP contribution in [-0.2, 0) is 6.54 Å². The number of hydrogen-bond acceptors (Lipinski definition) is 3. The van der Waals surface area contributed by atoms with E-state index in [4.69, 9.17) is 0 Å². The van der Waals surface area contributed by atoms with Gasteiger partial charge < -0.3 is 15.5 Å². The summed E-state index contributed by atoms with van der Waals surface area (Å²) < 4.78 is 0. The first-order valence-electron chi connectivity index (χ1n) is 8.26. The van der Waals surface area contributed by atoms with Crippen LogP contribution in [0.15, 0.2) is 24.3 Å². The Hall–Kier alpha value is -1.39. The Kier molecular flexibility index (Phi) is 3.10. The normalized spacial score (nSPS) is 39.1. The highest BCUT2D eigenvalue weighted by Crippen LogP contribution is 2.57. The van der Waals surface area contributed by atoms with Gasteiger partial charge in [-0.3, -0.25) is 0 Å². The molecule has 4 fully saturated rings. The van der Waals surface area contributed by atoms with Crippen LogP contribution in [0, 0.1) is 11.8 Å². The number of aromatic carboxylic acids is 1. The molecule has 2 unspecified atom stereocenters. The highest BCUT2D eigenvalue weighted by atomic mass is 16.4. The van der Waals surface area contributed by atoms with Gasteiger partial charge in [0.2, 0.25) is 0 Å². The van der Waals surface area contributed by atoms with Gasteiger partial charge in [0.15, 0.2) is 0 Å². The summed E-state index contributed by atoms with van der Waals surface area (Å²) in [5.41, 5.74) is 0.726. The van der Waals surface area contributed by atoms with Crippen LogP contribution in [0.1, 0.15) is 54.4 Å². The van der Waals surface area contributed by atoms with Gasteiger partial charge in [-0.1, -0.05) is 18.2 Å². The molecule has 1 aromatic rings. The summed E-state index contributed by atoms with van der Waals surface area (Å²) in [5.74, 6) is 0.392. The zero-order valence-corrected chi connectivity index (χ0v) is 12.7. The molecule has 0 spiro atoms. The van der Waals surface area contributed by atoms with Crippen molar-refractivity contribution in [1.82, 2.24) is 5.32 Å². The fourth-order valence-corrected chi connectivity index (χ4v) is 5.59. The molecule has 118 valence electrons. The van der Waals surface area contributed by atoms with E-state index in [-0.39, 0.29) is 5.54 Å². The predicted molar refractivity (Wildman–Crippen MR) is 82.6 cm³/mol. The minimum absolute atomic E-state index is 0.00441. The van der Waals surface area contributed by atoms with Crippen LogP contribution >= 0.6 is 0 Å². The minimum Gasteiger partial charge on any atom is -0.478 e. The molecule has 0 amide bonds. The molecular weight excluding hydrogens is 278 g/mol. The Bertz CT molecular complexity index is 598. The van der Waals surface area contributed by atoms with Gasteiger partial charge in [0.05, 0.1) is 11.2 Å². The molecule has 1 aromatic carbocycles. The molecule has 3 N–H and O–H groups in total. The third kappa shape index (κ3) is 2.34. The summed E-state index contributed by atoms with van der Waals surface area (Å²) in [4.78, 5) is 11.3.